The lowest BCUT2D eigenvalue weighted by atomic mass is 9.90. The minimum absolute atomic E-state index is 0.202. The van der Waals surface area contributed by atoms with Crippen molar-refractivity contribution in [1.29, 1.82) is 0 Å². The number of esters is 2. The van der Waals surface area contributed by atoms with Gasteiger partial charge in [0.15, 0.2) is 5.60 Å². The van der Waals surface area contributed by atoms with Gasteiger partial charge in [0, 0.05) is 18.1 Å². The number of carbonyl (C=O) groups is 2. The zero-order valence-corrected chi connectivity index (χ0v) is 17.5. The van der Waals surface area contributed by atoms with Crippen LogP contribution in [0.25, 0.3) is 11.1 Å². The Morgan fingerprint density at radius 1 is 1.03 bits per heavy atom. The maximum atomic E-state index is 12.3. The van der Waals surface area contributed by atoms with E-state index in [1.54, 1.807) is 13.8 Å². The van der Waals surface area contributed by atoms with Crippen LogP contribution in [0.15, 0.2) is 48.5 Å². The lowest BCUT2D eigenvalue weighted by Crippen LogP contribution is -2.33. The molecule has 1 unspecified atom stereocenters. The van der Waals surface area contributed by atoms with Crippen LogP contribution in [0.3, 0.4) is 0 Å². The summed E-state index contributed by atoms with van der Waals surface area (Å²) >= 11 is 0. The molecule has 1 atom stereocenters. The molecule has 150 valence electrons. The summed E-state index contributed by atoms with van der Waals surface area (Å²) in [5.74, 6) is 5.32. The van der Waals surface area contributed by atoms with Gasteiger partial charge in [-0.05, 0) is 37.3 Å². The summed E-state index contributed by atoms with van der Waals surface area (Å²) in [4.78, 5) is 24.3. The third-order valence-electron chi connectivity index (χ3n) is 5.11. The molecule has 29 heavy (non-hydrogen) atoms. The van der Waals surface area contributed by atoms with Crippen molar-refractivity contribution in [3.05, 3.63) is 59.7 Å². The second-order valence-corrected chi connectivity index (χ2v) is 7.86. The fraction of sp³-hybridized carbons (Fsp3) is 0.360. The smallest absolute Gasteiger partial charge is 0.310 e. The van der Waals surface area contributed by atoms with E-state index in [2.05, 4.69) is 11.8 Å². The van der Waals surface area contributed by atoms with Gasteiger partial charge in [-0.3, -0.25) is 9.59 Å². The summed E-state index contributed by atoms with van der Waals surface area (Å²) in [6.45, 7) is 8.63. The number of hydrogen-bond donors (Lipinski definition) is 0. The first-order chi connectivity index (χ1) is 13.7. The van der Waals surface area contributed by atoms with E-state index in [0.29, 0.717) is 6.42 Å². The van der Waals surface area contributed by atoms with Gasteiger partial charge in [-0.15, -0.1) is 0 Å². The van der Waals surface area contributed by atoms with Gasteiger partial charge in [0.05, 0.1) is 5.92 Å². The van der Waals surface area contributed by atoms with Crippen LogP contribution in [0.5, 0.6) is 0 Å². The Labute approximate surface area is 172 Å². The highest BCUT2D eigenvalue weighted by Crippen LogP contribution is 2.49. The molecular formula is C25H26O4. The molecule has 0 fully saturated rings. The molecule has 4 heteroatoms. The topological polar surface area (TPSA) is 52.6 Å². The van der Waals surface area contributed by atoms with E-state index in [1.807, 2.05) is 62.4 Å². The molecule has 2 aromatic carbocycles. The van der Waals surface area contributed by atoms with Crippen molar-refractivity contribution in [2.24, 2.45) is 5.92 Å². The standard InChI is InChI=1S/C25H26O4/c1-6-17(2)23(27)29-24(4,5)15-16-25(28-18(3)26)21-13-9-7-11-19(21)20-12-8-10-14-22(20)25/h7-14,17H,6H2,1-5H3. The zero-order valence-electron chi connectivity index (χ0n) is 17.5. The Morgan fingerprint density at radius 3 is 2.03 bits per heavy atom. The minimum atomic E-state index is -1.24. The Bertz CT molecular complexity index is 961. The molecule has 0 saturated carbocycles. The first-order valence-electron chi connectivity index (χ1n) is 9.86. The van der Waals surface area contributed by atoms with Gasteiger partial charge in [-0.1, -0.05) is 68.3 Å². The summed E-state index contributed by atoms with van der Waals surface area (Å²) in [6, 6.07) is 15.5. The molecule has 3 rings (SSSR count). The van der Waals surface area contributed by atoms with Crippen LogP contribution in [0.1, 0.15) is 52.2 Å². The fourth-order valence-corrected chi connectivity index (χ4v) is 3.46. The molecular weight excluding hydrogens is 364 g/mol. The number of fused-ring (bicyclic) bond motifs is 3. The summed E-state index contributed by atoms with van der Waals surface area (Å²) in [7, 11) is 0. The molecule has 1 aliphatic rings. The van der Waals surface area contributed by atoms with Crippen LogP contribution in [0, 0.1) is 17.8 Å². The molecule has 0 bridgehead atoms. The lowest BCUT2D eigenvalue weighted by Gasteiger charge is -2.27. The van der Waals surface area contributed by atoms with Gasteiger partial charge in [-0.25, -0.2) is 0 Å². The Morgan fingerprint density at radius 2 is 1.55 bits per heavy atom. The van der Waals surface area contributed by atoms with Crippen molar-refractivity contribution in [2.45, 2.75) is 52.2 Å². The Kier molecular flexibility index (Phi) is 5.53. The molecule has 0 N–H and O–H groups in total. The van der Waals surface area contributed by atoms with Gasteiger partial charge in [-0.2, -0.15) is 0 Å². The molecule has 2 aromatic rings. The van der Waals surface area contributed by atoms with Gasteiger partial charge < -0.3 is 9.47 Å². The van der Waals surface area contributed by atoms with Crippen LogP contribution in [0.4, 0.5) is 0 Å². The zero-order chi connectivity index (χ0) is 21.2. The van der Waals surface area contributed by atoms with E-state index in [-0.39, 0.29) is 11.9 Å². The minimum Gasteiger partial charge on any atom is -0.446 e. The van der Waals surface area contributed by atoms with Crippen LogP contribution < -0.4 is 0 Å². The second-order valence-electron chi connectivity index (χ2n) is 7.86. The molecule has 4 nitrogen and oxygen atoms in total. The third-order valence-corrected chi connectivity index (χ3v) is 5.11. The second kappa shape index (κ2) is 7.75. The van der Waals surface area contributed by atoms with Crippen molar-refractivity contribution in [3.8, 4) is 23.0 Å². The average Bonchev–Trinajstić information content (AvgIpc) is 2.96. The molecule has 0 saturated heterocycles. The molecule has 0 aromatic heterocycles. The molecule has 0 radical (unpaired) electrons. The molecule has 0 spiro atoms. The number of benzene rings is 2. The summed E-state index contributed by atoms with van der Waals surface area (Å²) in [5, 5.41) is 0. The van der Waals surface area contributed by atoms with Crippen molar-refractivity contribution in [2.75, 3.05) is 0 Å². The third kappa shape index (κ3) is 3.91. The predicted octanol–water partition coefficient (Wildman–Crippen LogP) is 4.85. The van der Waals surface area contributed by atoms with Gasteiger partial charge in [0.2, 0.25) is 5.60 Å². The Hall–Kier alpha value is -3.06. The SMILES string of the molecule is CCC(C)C(=O)OC(C)(C)C#CC1(OC(C)=O)c2ccccc2-c2ccccc21. The highest BCUT2D eigenvalue weighted by atomic mass is 16.6. The number of carbonyl (C=O) groups excluding carboxylic acids is 2. The van der Waals surface area contributed by atoms with Gasteiger partial charge in [0.1, 0.15) is 0 Å². The van der Waals surface area contributed by atoms with Crippen molar-refractivity contribution in [3.63, 3.8) is 0 Å². The lowest BCUT2D eigenvalue weighted by molar-refractivity contribution is -0.156. The molecule has 0 aliphatic heterocycles. The summed E-state index contributed by atoms with van der Waals surface area (Å²) in [5.41, 5.74) is 1.32. The van der Waals surface area contributed by atoms with E-state index in [9.17, 15) is 9.59 Å². The largest absolute Gasteiger partial charge is 0.446 e. The monoisotopic (exact) mass is 390 g/mol. The first-order valence-corrected chi connectivity index (χ1v) is 9.86. The van der Waals surface area contributed by atoms with Gasteiger partial charge in [0.25, 0.3) is 0 Å². The van der Waals surface area contributed by atoms with E-state index in [0.717, 1.165) is 22.3 Å². The highest BCUT2D eigenvalue weighted by molar-refractivity contribution is 5.84. The maximum absolute atomic E-state index is 12.3. The van der Waals surface area contributed by atoms with Crippen LogP contribution in [-0.4, -0.2) is 17.5 Å². The quantitative estimate of drug-likeness (QED) is 0.553. The van der Waals surface area contributed by atoms with Crippen LogP contribution >= 0.6 is 0 Å². The molecule has 1 aliphatic carbocycles. The Balaban J connectivity index is 2.12. The van der Waals surface area contributed by atoms with Crippen LogP contribution in [-0.2, 0) is 24.7 Å². The fourth-order valence-electron chi connectivity index (χ4n) is 3.46. The number of hydrogen-bond acceptors (Lipinski definition) is 4. The van der Waals surface area contributed by atoms with E-state index >= 15 is 0 Å². The number of rotatable bonds is 4. The van der Waals surface area contributed by atoms with E-state index in [1.165, 1.54) is 6.92 Å². The first kappa shape index (κ1) is 20.7. The van der Waals surface area contributed by atoms with Crippen molar-refractivity contribution in [1.82, 2.24) is 0 Å². The van der Waals surface area contributed by atoms with Crippen molar-refractivity contribution >= 4 is 11.9 Å². The summed E-state index contributed by atoms with van der Waals surface area (Å²) in [6.07, 6.45) is 0.695. The molecule has 0 amide bonds. The van der Waals surface area contributed by atoms with Crippen molar-refractivity contribution < 1.29 is 19.1 Å². The normalized spacial score (nSPS) is 14.7. The van der Waals surface area contributed by atoms with E-state index in [4.69, 9.17) is 9.47 Å². The van der Waals surface area contributed by atoms with Gasteiger partial charge >= 0.3 is 11.9 Å². The molecule has 0 heterocycles. The summed E-state index contributed by atoms with van der Waals surface area (Å²) < 4.78 is 11.5. The number of ether oxygens (including phenoxy) is 2. The van der Waals surface area contributed by atoms with E-state index < -0.39 is 17.2 Å². The average molecular weight is 390 g/mol. The van der Waals surface area contributed by atoms with Crippen LogP contribution in [0.2, 0.25) is 0 Å². The highest BCUT2D eigenvalue weighted by Gasteiger charge is 2.45. The maximum Gasteiger partial charge on any atom is 0.310 e. The predicted molar refractivity (Wildman–Crippen MR) is 112 cm³/mol.